The van der Waals surface area contributed by atoms with Gasteiger partial charge in [-0.05, 0) is 12.8 Å². The van der Waals surface area contributed by atoms with Crippen molar-refractivity contribution in [1.29, 1.82) is 0 Å². The standard InChI is InChI=1S/C25H22F5N5O3S/c26-22(27)16-4-2-1-3-15(16)19-11-17(34-38-19)18-13-39-24(33-18)14-5-9-35(10-6-14)20(36)12-37-23-21(25(28,29)30)31-7-8-32-23/h1-4,7-8,13-14,19,22H,5-6,9-12H2. The molecule has 1 fully saturated rings. The Morgan fingerprint density at radius 2 is 1.90 bits per heavy atom. The minimum atomic E-state index is -4.75. The van der Waals surface area contributed by atoms with Crippen molar-refractivity contribution in [3.8, 4) is 5.88 Å². The summed E-state index contributed by atoms with van der Waals surface area (Å²) in [5, 5.41) is 6.81. The van der Waals surface area contributed by atoms with Crippen LogP contribution >= 0.6 is 11.3 Å². The van der Waals surface area contributed by atoms with E-state index in [0.717, 1.165) is 17.4 Å². The third-order valence-corrected chi connectivity index (χ3v) is 7.53. The van der Waals surface area contributed by atoms with Crippen LogP contribution in [0.5, 0.6) is 5.88 Å². The van der Waals surface area contributed by atoms with E-state index in [1.165, 1.54) is 22.3 Å². The maximum atomic E-state index is 13.4. The van der Waals surface area contributed by atoms with Crippen LogP contribution in [0.4, 0.5) is 22.0 Å². The molecule has 1 aromatic carbocycles. The first-order valence-corrected chi connectivity index (χ1v) is 12.9. The van der Waals surface area contributed by atoms with E-state index in [1.807, 2.05) is 5.38 Å². The van der Waals surface area contributed by atoms with Gasteiger partial charge in [-0.25, -0.2) is 23.7 Å². The molecule has 1 amide bonds. The second-order valence-corrected chi connectivity index (χ2v) is 9.88. The van der Waals surface area contributed by atoms with Crippen molar-refractivity contribution in [2.24, 2.45) is 5.16 Å². The van der Waals surface area contributed by atoms with Crippen molar-refractivity contribution in [3.05, 3.63) is 69.6 Å². The first kappa shape index (κ1) is 26.9. The Kier molecular flexibility index (Phi) is 7.73. The molecule has 1 atom stereocenters. The average Bonchev–Trinajstić information content (AvgIpc) is 3.62. The molecule has 0 saturated carbocycles. The molecule has 3 aromatic rings. The minimum absolute atomic E-state index is 0.0814. The highest BCUT2D eigenvalue weighted by molar-refractivity contribution is 7.10. The summed E-state index contributed by atoms with van der Waals surface area (Å²) in [5.74, 6) is -1.09. The van der Waals surface area contributed by atoms with Crippen LogP contribution in [0, 0.1) is 0 Å². The molecule has 14 heteroatoms. The van der Waals surface area contributed by atoms with Gasteiger partial charge < -0.3 is 14.5 Å². The number of halogens is 5. The number of carbonyl (C=O) groups is 1. The van der Waals surface area contributed by atoms with Gasteiger partial charge in [0.25, 0.3) is 12.3 Å². The number of thiazole rings is 1. The maximum absolute atomic E-state index is 13.4. The summed E-state index contributed by atoms with van der Waals surface area (Å²) in [4.78, 5) is 31.0. The summed E-state index contributed by atoms with van der Waals surface area (Å²) >= 11 is 1.45. The highest BCUT2D eigenvalue weighted by atomic mass is 32.1. The van der Waals surface area contributed by atoms with Crippen LogP contribution < -0.4 is 4.74 Å². The molecule has 4 heterocycles. The number of alkyl halides is 5. The van der Waals surface area contributed by atoms with E-state index in [-0.39, 0.29) is 11.5 Å². The summed E-state index contributed by atoms with van der Waals surface area (Å²) < 4.78 is 71.0. The smallest absolute Gasteiger partial charge is 0.438 e. The van der Waals surface area contributed by atoms with Gasteiger partial charge in [-0.15, -0.1) is 11.3 Å². The van der Waals surface area contributed by atoms with Crippen LogP contribution in [0.1, 0.15) is 65.2 Å². The Morgan fingerprint density at radius 3 is 2.64 bits per heavy atom. The molecule has 0 aliphatic carbocycles. The SMILES string of the molecule is O=C(COc1nccnc1C(F)(F)F)N1CCC(c2nc(C3=NOC(c4ccccc4C(F)F)C3)cs2)CC1. The van der Waals surface area contributed by atoms with E-state index in [4.69, 9.17) is 9.57 Å². The number of likely N-dealkylation sites (tertiary alicyclic amines) is 1. The zero-order valence-corrected chi connectivity index (χ0v) is 21.1. The molecule has 1 saturated heterocycles. The Labute approximate surface area is 223 Å². The highest BCUT2D eigenvalue weighted by Crippen LogP contribution is 2.37. The Morgan fingerprint density at radius 1 is 1.15 bits per heavy atom. The zero-order valence-electron chi connectivity index (χ0n) is 20.3. The monoisotopic (exact) mass is 567 g/mol. The number of amides is 1. The summed E-state index contributed by atoms with van der Waals surface area (Å²) in [6, 6.07) is 6.23. The zero-order chi connectivity index (χ0) is 27.6. The fourth-order valence-corrected chi connectivity index (χ4v) is 5.53. The van der Waals surface area contributed by atoms with E-state index < -0.39 is 42.8 Å². The topological polar surface area (TPSA) is 89.8 Å². The second-order valence-electron chi connectivity index (χ2n) is 8.99. The first-order chi connectivity index (χ1) is 18.7. The first-order valence-electron chi connectivity index (χ1n) is 12.0. The summed E-state index contributed by atoms with van der Waals surface area (Å²) in [6.45, 7) is 0.208. The Bertz CT molecular complexity index is 1360. The number of oxime groups is 1. The number of benzene rings is 1. The lowest BCUT2D eigenvalue weighted by Gasteiger charge is -2.31. The van der Waals surface area contributed by atoms with E-state index >= 15 is 0 Å². The quantitative estimate of drug-likeness (QED) is 0.349. The fraction of sp³-hybridized carbons (Fsp3) is 0.400. The third kappa shape index (κ3) is 6.00. The number of rotatable bonds is 7. The molecule has 0 radical (unpaired) electrons. The van der Waals surface area contributed by atoms with Gasteiger partial charge in [-0.3, -0.25) is 4.79 Å². The maximum Gasteiger partial charge on any atom is 0.438 e. The summed E-state index contributed by atoms with van der Waals surface area (Å²) in [6.07, 6.45) is -4.45. The number of hydrogen-bond donors (Lipinski definition) is 0. The van der Waals surface area contributed by atoms with Crippen molar-refractivity contribution in [2.45, 2.75) is 43.9 Å². The molecule has 1 unspecified atom stereocenters. The summed E-state index contributed by atoms with van der Waals surface area (Å²) in [5.41, 5.74) is 0.249. The van der Waals surface area contributed by atoms with E-state index in [9.17, 15) is 26.7 Å². The fourth-order valence-electron chi connectivity index (χ4n) is 4.53. The van der Waals surface area contributed by atoms with Gasteiger partial charge in [0.15, 0.2) is 12.7 Å². The van der Waals surface area contributed by atoms with Crippen LogP contribution in [0.3, 0.4) is 0 Å². The number of aromatic nitrogens is 3. The predicted molar refractivity (Wildman–Crippen MR) is 130 cm³/mol. The molecular weight excluding hydrogens is 545 g/mol. The number of ether oxygens (including phenoxy) is 1. The lowest BCUT2D eigenvalue weighted by molar-refractivity contribution is -0.144. The normalized spacial score (nSPS) is 18.3. The van der Waals surface area contributed by atoms with Crippen molar-refractivity contribution < 1.29 is 36.3 Å². The molecule has 39 heavy (non-hydrogen) atoms. The molecule has 0 spiro atoms. The number of piperidine rings is 1. The van der Waals surface area contributed by atoms with Crippen molar-refractivity contribution in [2.75, 3.05) is 19.7 Å². The molecule has 2 aliphatic rings. The van der Waals surface area contributed by atoms with Gasteiger partial charge in [0, 0.05) is 54.3 Å². The van der Waals surface area contributed by atoms with Gasteiger partial charge in [-0.1, -0.05) is 29.4 Å². The van der Waals surface area contributed by atoms with Gasteiger partial charge in [0.05, 0.1) is 10.7 Å². The Hall–Kier alpha value is -3.68. The van der Waals surface area contributed by atoms with Gasteiger partial charge in [-0.2, -0.15) is 13.2 Å². The molecule has 0 N–H and O–H groups in total. The van der Waals surface area contributed by atoms with E-state index in [2.05, 4.69) is 20.1 Å². The van der Waals surface area contributed by atoms with Crippen LogP contribution in [-0.2, 0) is 15.8 Å². The average molecular weight is 568 g/mol. The largest absolute Gasteiger partial charge is 0.466 e. The molecule has 0 bridgehead atoms. The highest BCUT2D eigenvalue weighted by Gasteiger charge is 2.38. The lowest BCUT2D eigenvalue weighted by Crippen LogP contribution is -2.40. The lowest BCUT2D eigenvalue weighted by atomic mass is 9.97. The molecule has 2 aliphatic heterocycles. The van der Waals surface area contributed by atoms with Gasteiger partial charge >= 0.3 is 6.18 Å². The van der Waals surface area contributed by atoms with E-state index in [0.29, 0.717) is 49.3 Å². The van der Waals surface area contributed by atoms with Crippen LogP contribution in [0.15, 0.2) is 47.2 Å². The van der Waals surface area contributed by atoms with Crippen molar-refractivity contribution in [3.63, 3.8) is 0 Å². The molecule has 5 rings (SSSR count). The molecule has 2 aromatic heterocycles. The summed E-state index contributed by atoms with van der Waals surface area (Å²) in [7, 11) is 0. The number of carbonyl (C=O) groups excluding carboxylic acids is 1. The van der Waals surface area contributed by atoms with Crippen LogP contribution in [0.25, 0.3) is 0 Å². The molecule has 8 nitrogen and oxygen atoms in total. The molecular formula is C25H22F5N5O3S. The second kappa shape index (κ2) is 11.2. The van der Waals surface area contributed by atoms with Crippen LogP contribution in [-0.4, -0.2) is 51.2 Å². The Balaban J connectivity index is 1.14. The van der Waals surface area contributed by atoms with Crippen LogP contribution in [0.2, 0.25) is 0 Å². The van der Waals surface area contributed by atoms with Crippen molar-refractivity contribution in [1.82, 2.24) is 19.9 Å². The number of hydrogen-bond acceptors (Lipinski definition) is 8. The molecule has 206 valence electrons. The number of nitrogens with zero attached hydrogens (tertiary/aromatic N) is 5. The van der Waals surface area contributed by atoms with Crippen molar-refractivity contribution >= 4 is 23.0 Å². The van der Waals surface area contributed by atoms with Gasteiger partial charge in [0.2, 0.25) is 11.6 Å². The van der Waals surface area contributed by atoms with Gasteiger partial charge in [0.1, 0.15) is 5.71 Å². The minimum Gasteiger partial charge on any atom is -0.466 e. The predicted octanol–water partition coefficient (Wildman–Crippen LogP) is 5.54. The van der Waals surface area contributed by atoms with E-state index in [1.54, 1.807) is 18.2 Å². The third-order valence-electron chi connectivity index (χ3n) is 6.53.